The molecule has 5 rings (SSSR count). The number of thioether (sulfide) groups is 1. The van der Waals surface area contributed by atoms with Crippen molar-refractivity contribution in [3.63, 3.8) is 0 Å². The van der Waals surface area contributed by atoms with Crippen LogP contribution in [0.4, 0.5) is 0 Å². The van der Waals surface area contributed by atoms with Gasteiger partial charge in [-0.3, -0.25) is 14.2 Å². The van der Waals surface area contributed by atoms with Gasteiger partial charge in [-0.2, -0.15) is 0 Å². The molecule has 1 aliphatic heterocycles. The number of rotatable bonds is 5. The summed E-state index contributed by atoms with van der Waals surface area (Å²) in [5.74, 6) is -0.00322. The second kappa shape index (κ2) is 9.60. The first-order chi connectivity index (χ1) is 16.2. The molecule has 3 aromatic carbocycles. The summed E-state index contributed by atoms with van der Waals surface area (Å²) in [5, 5.41) is 0.495. The van der Waals surface area contributed by atoms with Crippen molar-refractivity contribution < 1.29 is 9.53 Å². The van der Waals surface area contributed by atoms with E-state index in [9.17, 15) is 9.59 Å². The van der Waals surface area contributed by atoms with E-state index >= 15 is 0 Å². The Morgan fingerprint density at radius 2 is 1.52 bits per heavy atom. The summed E-state index contributed by atoms with van der Waals surface area (Å²) in [6.45, 7) is 2.17. The summed E-state index contributed by atoms with van der Waals surface area (Å²) in [4.78, 5) is 33.8. The highest BCUT2D eigenvalue weighted by molar-refractivity contribution is 8.00. The molecular formula is C26H23N3O3S. The van der Waals surface area contributed by atoms with E-state index in [1.165, 1.54) is 11.8 Å². The van der Waals surface area contributed by atoms with Gasteiger partial charge in [0.25, 0.3) is 5.56 Å². The molecule has 1 aromatic heterocycles. The Bertz CT molecular complexity index is 1320. The number of ether oxygens (including phenoxy) is 1. The highest BCUT2D eigenvalue weighted by Crippen LogP contribution is 2.37. The summed E-state index contributed by atoms with van der Waals surface area (Å²) in [5.41, 5.74) is 2.05. The first-order valence-corrected chi connectivity index (χ1v) is 11.8. The molecule has 0 bridgehead atoms. The number of hydrogen-bond acceptors (Lipinski definition) is 5. The molecule has 1 atom stereocenters. The number of aromatic nitrogens is 2. The molecule has 1 fully saturated rings. The molecular weight excluding hydrogens is 434 g/mol. The van der Waals surface area contributed by atoms with Gasteiger partial charge in [-0.15, -0.1) is 0 Å². The Labute approximate surface area is 195 Å². The van der Waals surface area contributed by atoms with E-state index in [-0.39, 0.29) is 11.5 Å². The molecule has 0 aliphatic carbocycles. The van der Waals surface area contributed by atoms with Crippen LogP contribution in [0.15, 0.2) is 94.9 Å². The van der Waals surface area contributed by atoms with Crippen LogP contribution in [0, 0.1) is 0 Å². The zero-order chi connectivity index (χ0) is 22.6. The molecule has 1 aliphatic rings. The second-order valence-electron chi connectivity index (χ2n) is 7.73. The second-order valence-corrected chi connectivity index (χ2v) is 8.81. The van der Waals surface area contributed by atoms with Gasteiger partial charge in [-0.05, 0) is 29.8 Å². The van der Waals surface area contributed by atoms with E-state index in [2.05, 4.69) is 0 Å². The topological polar surface area (TPSA) is 64.4 Å². The predicted octanol–water partition coefficient (Wildman–Crippen LogP) is 4.08. The fourth-order valence-corrected chi connectivity index (χ4v) is 5.14. The van der Waals surface area contributed by atoms with Gasteiger partial charge < -0.3 is 9.64 Å². The van der Waals surface area contributed by atoms with Crippen LogP contribution in [-0.4, -0.2) is 46.7 Å². The van der Waals surface area contributed by atoms with Crippen LogP contribution in [0.2, 0.25) is 0 Å². The Kier molecular flexibility index (Phi) is 6.24. The van der Waals surface area contributed by atoms with Crippen molar-refractivity contribution in [3.8, 4) is 5.69 Å². The number of carbonyl (C=O) groups is 1. The lowest BCUT2D eigenvalue weighted by atomic mass is 10.1. The maximum Gasteiger partial charge on any atom is 0.266 e. The number of carbonyl (C=O) groups excluding carboxylic acids is 1. The minimum absolute atomic E-state index is 0.00322. The zero-order valence-electron chi connectivity index (χ0n) is 18.0. The third kappa shape index (κ3) is 4.42. The van der Waals surface area contributed by atoms with Crippen LogP contribution in [0.5, 0.6) is 0 Å². The average Bonchev–Trinajstić information content (AvgIpc) is 2.88. The van der Waals surface area contributed by atoms with Crippen LogP contribution in [0.3, 0.4) is 0 Å². The lowest BCUT2D eigenvalue weighted by Gasteiger charge is -2.30. The summed E-state index contributed by atoms with van der Waals surface area (Å²) >= 11 is 1.31. The first-order valence-electron chi connectivity index (χ1n) is 10.9. The largest absolute Gasteiger partial charge is 0.378 e. The summed E-state index contributed by atoms with van der Waals surface area (Å²) < 4.78 is 7.04. The lowest BCUT2D eigenvalue weighted by molar-refractivity contribution is -0.134. The van der Waals surface area contributed by atoms with Gasteiger partial charge >= 0.3 is 0 Å². The molecule has 0 radical (unpaired) electrons. The van der Waals surface area contributed by atoms with Gasteiger partial charge in [0.05, 0.1) is 29.8 Å². The van der Waals surface area contributed by atoms with Crippen LogP contribution in [-0.2, 0) is 9.53 Å². The summed E-state index contributed by atoms with van der Waals surface area (Å²) in [7, 11) is 0. The quantitative estimate of drug-likeness (QED) is 0.334. The SMILES string of the molecule is O=C(C(Sc1nc2ccccc2c(=O)n1-c1ccccc1)c1ccccc1)N1CCOCC1. The minimum atomic E-state index is -0.535. The minimum Gasteiger partial charge on any atom is -0.378 e. The van der Waals surface area contributed by atoms with Gasteiger partial charge in [0, 0.05) is 13.1 Å². The van der Waals surface area contributed by atoms with E-state index in [1.807, 2.05) is 83.8 Å². The summed E-state index contributed by atoms with van der Waals surface area (Å²) in [6.07, 6.45) is 0. The van der Waals surface area contributed by atoms with Crippen LogP contribution in [0.1, 0.15) is 10.8 Å². The molecule has 166 valence electrons. The van der Waals surface area contributed by atoms with Gasteiger partial charge in [0.2, 0.25) is 5.91 Å². The zero-order valence-corrected chi connectivity index (χ0v) is 18.8. The number of benzene rings is 3. The average molecular weight is 458 g/mol. The fourth-order valence-electron chi connectivity index (χ4n) is 3.94. The van der Waals surface area contributed by atoms with E-state index in [4.69, 9.17) is 9.72 Å². The third-order valence-corrected chi connectivity index (χ3v) is 6.83. The number of morpholine rings is 1. The molecule has 6 nitrogen and oxygen atoms in total. The summed E-state index contributed by atoms with van der Waals surface area (Å²) in [6, 6.07) is 26.4. The Hall–Kier alpha value is -3.42. The van der Waals surface area contributed by atoms with E-state index < -0.39 is 5.25 Å². The molecule has 0 saturated carbocycles. The van der Waals surface area contributed by atoms with Gasteiger partial charge in [-0.1, -0.05) is 72.4 Å². The van der Waals surface area contributed by atoms with Gasteiger partial charge in [0.1, 0.15) is 5.25 Å². The van der Waals surface area contributed by atoms with E-state index in [0.717, 1.165) is 5.56 Å². The first kappa shape index (κ1) is 21.4. The monoisotopic (exact) mass is 457 g/mol. The smallest absolute Gasteiger partial charge is 0.266 e. The molecule has 0 N–H and O–H groups in total. The normalized spacial score (nSPS) is 14.8. The molecule has 1 unspecified atom stereocenters. The standard InChI is InChI=1S/C26H23N3O3S/c30-24-21-13-7-8-14-22(21)27-26(29(24)20-11-5-2-6-12-20)33-23(19-9-3-1-4-10-19)25(31)28-15-17-32-18-16-28/h1-14,23H,15-18H2. The number of para-hydroxylation sites is 2. The number of hydrogen-bond donors (Lipinski definition) is 0. The van der Waals surface area contributed by atoms with E-state index in [0.29, 0.717) is 48.1 Å². The van der Waals surface area contributed by atoms with Crippen LogP contribution < -0.4 is 5.56 Å². The van der Waals surface area contributed by atoms with Crippen molar-refractivity contribution >= 4 is 28.6 Å². The van der Waals surface area contributed by atoms with Crippen LogP contribution >= 0.6 is 11.8 Å². The Morgan fingerprint density at radius 3 is 2.24 bits per heavy atom. The Morgan fingerprint density at radius 1 is 0.879 bits per heavy atom. The molecule has 1 amide bonds. The highest BCUT2D eigenvalue weighted by Gasteiger charge is 2.30. The molecule has 33 heavy (non-hydrogen) atoms. The number of fused-ring (bicyclic) bond motifs is 1. The van der Waals surface area contributed by atoms with Crippen molar-refractivity contribution in [2.45, 2.75) is 10.4 Å². The van der Waals surface area contributed by atoms with Crippen molar-refractivity contribution in [1.29, 1.82) is 0 Å². The molecule has 7 heteroatoms. The lowest BCUT2D eigenvalue weighted by Crippen LogP contribution is -2.42. The van der Waals surface area contributed by atoms with Crippen molar-refractivity contribution in [1.82, 2.24) is 14.5 Å². The van der Waals surface area contributed by atoms with Crippen molar-refractivity contribution in [2.75, 3.05) is 26.3 Å². The highest BCUT2D eigenvalue weighted by atomic mass is 32.2. The molecule has 0 spiro atoms. The van der Waals surface area contributed by atoms with Crippen molar-refractivity contribution in [3.05, 3.63) is 101 Å². The predicted molar refractivity (Wildman–Crippen MR) is 130 cm³/mol. The molecule has 4 aromatic rings. The maximum absolute atomic E-state index is 13.6. The fraction of sp³-hybridized carbons (Fsp3) is 0.192. The molecule has 2 heterocycles. The van der Waals surface area contributed by atoms with Crippen LogP contribution in [0.25, 0.3) is 16.6 Å². The van der Waals surface area contributed by atoms with Gasteiger partial charge in [-0.25, -0.2) is 4.98 Å². The van der Waals surface area contributed by atoms with Gasteiger partial charge in [0.15, 0.2) is 5.16 Å². The van der Waals surface area contributed by atoms with Crippen molar-refractivity contribution in [2.24, 2.45) is 0 Å². The third-order valence-electron chi connectivity index (χ3n) is 5.63. The number of nitrogens with zero attached hydrogens (tertiary/aromatic N) is 3. The van der Waals surface area contributed by atoms with E-state index in [1.54, 1.807) is 10.6 Å². The maximum atomic E-state index is 13.6. The molecule has 1 saturated heterocycles. The Balaban J connectivity index is 1.64. The number of amides is 1.